The van der Waals surface area contributed by atoms with Crippen molar-refractivity contribution in [2.24, 2.45) is 0 Å². The number of benzene rings is 1. The summed E-state index contributed by atoms with van der Waals surface area (Å²) < 4.78 is 0. The van der Waals surface area contributed by atoms with E-state index >= 15 is 0 Å². The molecule has 5 nitrogen and oxygen atoms in total. The van der Waals surface area contributed by atoms with Crippen molar-refractivity contribution in [1.29, 1.82) is 5.26 Å². The fourth-order valence-corrected chi connectivity index (χ4v) is 1.91. The topological polar surface area (TPSA) is 81.4 Å². The van der Waals surface area contributed by atoms with E-state index in [4.69, 9.17) is 16.9 Å². The van der Waals surface area contributed by atoms with Crippen molar-refractivity contribution in [2.45, 2.75) is 25.8 Å². The minimum atomic E-state index is -1.42. The lowest BCUT2D eigenvalue weighted by Crippen LogP contribution is -2.53. The van der Waals surface area contributed by atoms with E-state index in [1.54, 1.807) is 18.2 Å². The van der Waals surface area contributed by atoms with Gasteiger partial charge in [0, 0.05) is 6.54 Å². The maximum atomic E-state index is 12.5. The molecule has 106 valence electrons. The molecule has 0 aliphatic heterocycles. The molecule has 20 heavy (non-hydrogen) atoms. The van der Waals surface area contributed by atoms with E-state index in [-0.39, 0.29) is 23.6 Å². The molecular formula is C14H15ClN2O3. The van der Waals surface area contributed by atoms with E-state index in [0.29, 0.717) is 0 Å². The van der Waals surface area contributed by atoms with Crippen LogP contribution in [0, 0.1) is 11.3 Å². The van der Waals surface area contributed by atoms with Crippen LogP contribution in [0.3, 0.4) is 0 Å². The Morgan fingerprint density at radius 1 is 1.40 bits per heavy atom. The number of carboxylic acids is 1. The minimum absolute atomic E-state index is 0.0276. The molecule has 0 unspecified atom stereocenters. The second-order valence-electron chi connectivity index (χ2n) is 4.71. The van der Waals surface area contributed by atoms with Gasteiger partial charge in [0.25, 0.3) is 5.91 Å². The molecule has 0 saturated heterocycles. The molecule has 0 aromatic heterocycles. The highest BCUT2D eigenvalue weighted by Crippen LogP contribution is 2.23. The number of carboxylic acid groups (broad SMARTS) is 1. The van der Waals surface area contributed by atoms with E-state index in [9.17, 15) is 14.7 Å². The van der Waals surface area contributed by atoms with Gasteiger partial charge in [0.2, 0.25) is 0 Å². The van der Waals surface area contributed by atoms with Gasteiger partial charge in [-0.3, -0.25) is 4.79 Å². The lowest BCUT2D eigenvalue weighted by atomic mass is 10.0. The van der Waals surface area contributed by atoms with Gasteiger partial charge in [0.05, 0.1) is 23.1 Å². The minimum Gasteiger partial charge on any atom is -0.480 e. The molecule has 0 aliphatic rings. The summed E-state index contributed by atoms with van der Waals surface area (Å²) in [5.41, 5.74) is -1.20. The number of carbonyl (C=O) groups is 2. The lowest BCUT2D eigenvalue weighted by molar-refractivity contribution is -0.147. The van der Waals surface area contributed by atoms with Crippen molar-refractivity contribution in [3.63, 3.8) is 0 Å². The molecule has 0 saturated carbocycles. The van der Waals surface area contributed by atoms with Crippen LogP contribution < -0.4 is 0 Å². The first-order chi connectivity index (χ1) is 9.32. The first kappa shape index (κ1) is 16.0. The van der Waals surface area contributed by atoms with E-state index in [2.05, 4.69) is 0 Å². The highest BCUT2D eigenvalue weighted by atomic mass is 35.5. The fourth-order valence-electron chi connectivity index (χ4n) is 1.69. The van der Waals surface area contributed by atoms with Crippen LogP contribution in [0.4, 0.5) is 0 Å². The molecule has 1 aromatic carbocycles. The summed E-state index contributed by atoms with van der Waals surface area (Å²) in [6, 6.07) is 8.33. The summed E-state index contributed by atoms with van der Waals surface area (Å²) in [6.07, 6.45) is 0.0485. The van der Waals surface area contributed by atoms with Gasteiger partial charge in [-0.1, -0.05) is 23.7 Å². The monoisotopic (exact) mass is 294 g/mol. The van der Waals surface area contributed by atoms with Crippen LogP contribution in [-0.2, 0) is 4.79 Å². The van der Waals surface area contributed by atoms with E-state index in [1.165, 1.54) is 19.9 Å². The Balaban J connectivity index is 3.19. The number of nitrogens with zero attached hydrogens (tertiary/aromatic N) is 2. The molecule has 0 heterocycles. The van der Waals surface area contributed by atoms with Gasteiger partial charge >= 0.3 is 5.97 Å². The van der Waals surface area contributed by atoms with Crippen LogP contribution in [0.1, 0.15) is 30.6 Å². The molecule has 0 fully saturated rings. The Labute approximate surface area is 122 Å². The highest BCUT2D eigenvalue weighted by Gasteiger charge is 2.38. The molecule has 1 aromatic rings. The van der Waals surface area contributed by atoms with Crippen LogP contribution in [0.25, 0.3) is 0 Å². The van der Waals surface area contributed by atoms with Crippen LogP contribution in [0.2, 0.25) is 5.02 Å². The quantitative estimate of drug-likeness (QED) is 0.905. The average Bonchev–Trinajstić information content (AvgIpc) is 2.39. The van der Waals surface area contributed by atoms with Crippen LogP contribution in [-0.4, -0.2) is 34.0 Å². The number of aliphatic carboxylic acids is 1. The zero-order valence-corrected chi connectivity index (χ0v) is 12.0. The molecule has 1 N–H and O–H groups in total. The van der Waals surface area contributed by atoms with E-state index in [1.807, 2.05) is 6.07 Å². The Bertz CT molecular complexity index is 564. The SMILES string of the molecule is CC(C)(C(=O)O)N(CCC#N)C(=O)c1ccccc1Cl. The van der Waals surface area contributed by atoms with Crippen molar-refractivity contribution in [3.05, 3.63) is 34.9 Å². The van der Waals surface area contributed by atoms with Crippen LogP contribution >= 0.6 is 11.6 Å². The average molecular weight is 295 g/mol. The molecule has 1 amide bonds. The second kappa shape index (κ2) is 6.40. The van der Waals surface area contributed by atoms with Gasteiger partial charge in [-0.15, -0.1) is 0 Å². The molecule has 0 bridgehead atoms. The standard InChI is InChI=1S/C14H15ClN2O3/c1-14(2,13(19)20)17(9-5-8-16)12(18)10-6-3-4-7-11(10)15/h3-4,6-7H,5,9H2,1-2H3,(H,19,20). The highest BCUT2D eigenvalue weighted by molar-refractivity contribution is 6.33. The molecular weight excluding hydrogens is 280 g/mol. The zero-order valence-electron chi connectivity index (χ0n) is 11.3. The van der Waals surface area contributed by atoms with E-state index < -0.39 is 17.4 Å². The smallest absolute Gasteiger partial charge is 0.329 e. The maximum absolute atomic E-state index is 12.5. The second-order valence-corrected chi connectivity index (χ2v) is 5.12. The first-order valence-corrected chi connectivity index (χ1v) is 6.37. The van der Waals surface area contributed by atoms with Gasteiger partial charge in [-0.05, 0) is 26.0 Å². The first-order valence-electron chi connectivity index (χ1n) is 5.99. The third-order valence-corrected chi connectivity index (χ3v) is 3.32. The molecule has 1 rings (SSSR count). The van der Waals surface area contributed by atoms with Crippen molar-refractivity contribution in [2.75, 3.05) is 6.54 Å². The lowest BCUT2D eigenvalue weighted by Gasteiger charge is -2.34. The number of nitriles is 1. The Morgan fingerprint density at radius 3 is 2.50 bits per heavy atom. The number of amides is 1. The normalized spacial score (nSPS) is 10.7. The Morgan fingerprint density at radius 2 is 2.00 bits per heavy atom. The maximum Gasteiger partial charge on any atom is 0.329 e. The predicted octanol–water partition coefficient (Wildman–Crippen LogP) is 2.56. The van der Waals surface area contributed by atoms with E-state index in [0.717, 1.165) is 4.90 Å². The van der Waals surface area contributed by atoms with Crippen molar-refractivity contribution in [3.8, 4) is 6.07 Å². The summed E-state index contributed by atoms with van der Waals surface area (Å²) >= 11 is 5.97. The third-order valence-electron chi connectivity index (χ3n) is 2.99. The van der Waals surface area contributed by atoms with Gasteiger partial charge in [0.1, 0.15) is 5.54 Å². The molecule has 0 radical (unpaired) electrons. The van der Waals surface area contributed by atoms with Gasteiger partial charge in [-0.2, -0.15) is 5.26 Å². The van der Waals surface area contributed by atoms with Gasteiger partial charge in [-0.25, -0.2) is 4.79 Å². The molecule has 6 heteroatoms. The zero-order chi connectivity index (χ0) is 15.3. The number of carbonyl (C=O) groups excluding carboxylic acids is 1. The van der Waals surface area contributed by atoms with Crippen LogP contribution in [0.15, 0.2) is 24.3 Å². The molecule has 0 spiro atoms. The van der Waals surface area contributed by atoms with Crippen molar-refractivity contribution >= 4 is 23.5 Å². The van der Waals surface area contributed by atoms with Gasteiger partial charge in [0.15, 0.2) is 0 Å². The van der Waals surface area contributed by atoms with Gasteiger partial charge < -0.3 is 10.0 Å². The Kier molecular flexibility index (Phi) is 5.12. The summed E-state index contributed by atoms with van der Waals surface area (Å²) in [6.45, 7) is 2.86. The summed E-state index contributed by atoms with van der Waals surface area (Å²) in [7, 11) is 0. The van der Waals surface area contributed by atoms with Crippen molar-refractivity contribution < 1.29 is 14.7 Å². The number of halogens is 1. The predicted molar refractivity (Wildman–Crippen MR) is 74.4 cm³/mol. The molecule has 0 aliphatic carbocycles. The number of hydrogen-bond acceptors (Lipinski definition) is 3. The fraction of sp³-hybridized carbons (Fsp3) is 0.357. The number of hydrogen-bond donors (Lipinski definition) is 1. The summed E-state index contributed by atoms with van der Waals surface area (Å²) in [5, 5.41) is 18.2. The Hall–Kier alpha value is -2.06. The van der Waals surface area contributed by atoms with Crippen LogP contribution in [0.5, 0.6) is 0 Å². The van der Waals surface area contributed by atoms with Crippen molar-refractivity contribution in [1.82, 2.24) is 4.90 Å². The number of rotatable bonds is 5. The largest absolute Gasteiger partial charge is 0.480 e. The molecule has 0 atom stereocenters. The summed E-state index contributed by atoms with van der Waals surface area (Å²) in [5.74, 6) is -1.64. The third kappa shape index (κ3) is 3.28. The summed E-state index contributed by atoms with van der Waals surface area (Å²) in [4.78, 5) is 25.0.